The summed E-state index contributed by atoms with van der Waals surface area (Å²) in [5.41, 5.74) is 3.68. The van der Waals surface area contributed by atoms with Crippen LogP contribution >= 0.6 is 11.3 Å². The average molecular weight is 433 g/mol. The molecule has 0 bridgehead atoms. The molecule has 0 unspecified atom stereocenters. The van der Waals surface area contributed by atoms with Crippen molar-refractivity contribution in [1.29, 1.82) is 0 Å². The Balaban J connectivity index is 1.19. The number of rotatable bonds is 4. The number of thiazole rings is 1. The molecule has 1 amide bonds. The van der Waals surface area contributed by atoms with Gasteiger partial charge in [0.1, 0.15) is 11.9 Å². The van der Waals surface area contributed by atoms with E-state index in [9.17, 15) is 9.18 Å². The molecule has 0 radical (unpaired) electrons. The number of likely N-dealkylation sites (tertiary alicyclic amines) is 1. The highest BCUT2D eigenvalue weighted by atomic mass is 32.1. The number of amides is 1. The third kappa shape index (κ3) is 4.30. The minimum atomic E-state index is -0.272. The zero-order valence-corrected chi connectivity index (χ0v) is 17.6. The van der Waals surface area contributed by atoms with E-state index in [1.807, 2.05) is 47.4 Å². The van der Waals surface area contributed by atoms with E-state index < -0.39 is 0 Å². The molecule has 1 aliphatic heterocycles. The molecule has 1 aromatic heterocycles. The van der Waals surface area contributed by atoms with Crippen LogP contribution in [0.1, 0.15) is 23.2 Å². The number of carbonyl (C=O) groups excluding carboxylic acids is 1. The maximum absolute atomic E-state index is 13.4. The van der Waals surface area contributed by atoms with Gasteiger partial charge >= 0.3 is 0 Å². The number of fused-ring (bicyclic) bond motifs is 1. The first kappa shape index (κ1) is 19.7. The Morgan fingerprint density at radius 1 is 0.968 bits per heavy atom. The van der Waals surface area contributed by atoms with Crippen LogP contribution in [0.25, 0.3) is 21.3 Å². The third-order valence-electron chi connectivity index (χ3n) is 5.57. The van der Waals surface area contributed by atoms with Crippen molar-refractivity contribution in [2.24, 2.45) is 0 Å². The van der Waals surface area contributed by atoms with Gasteiger partial charge in [0.15, 0.2) is 0 Å². The summed E-state index contributed by atoms with van der Waals surface area (Å²) < 4.78 is 20.2. The molecule has 31 heavy (non-hydrogen) atoms. The Labute approximate surface area is 183 Å². The number of carbonyl (C=O) groups is 1. The van der Waals surface area contributed by atoms with Crippen LogP contribution in [-0.2, 0) is 0 Å². The van der Waals surface area contributed by atoms with Crippen LogP contribution in [0.3, 0.4) is 0 Å². The Morgan fingerprint density at radius 2 is 1.68 bits per heavy atom. The van der Waals surface area contributed by atoms with Gasteiger partial charge in [-0.1, -0.05) is 53.8 Å². The number of benzene rings is 3. The Bertz CT molecular complexity index is 1200. The van der Waals surface area contributed by atoms with Gasteiger partial charge in [0, 0.05) is 31.5 Å². The summed E-state index contributed by atoms with van der Waals surface area (Å²) in [7, 11) is 0. The molecular formula is C25H21FN2O2S. The molecule has 0 spiro atoms. The fourth-order valence-electron chi connectivity index (χ4n) is 3.87. The van der Waals surface area contributed by atoms with Gasteiger partial charge in [0.2, 0.25) is 0 Å². The van der Waals surface area contributed by atoms with Crippen molar-refractivity contribution in [2.45, 2.75) is 18.9 Å². The number of halogens is 1. The standard InChI is InChI=1S/C25H21FN2O2S/c26-20-10-11-22-23(16-20)31-25(27-22)30-21-12-14-28(15-13-21)24(29)19-8-6-18(7-9-19)17-4-2-1-3-5-17/h1-11,16,21H,12-15H2. The zero-order chi connectivity index (χ0) is 21.2. The smallest absolute Gasteiger partial charge is 0.274 e. The second kappa shape index (κ2) is 8.47. The van der Waals surface area contributed by atoms with Crippen molar-refractivity contribution in [3.8, 4) is 16.3 Å². The average Bonchev–Trinajstić information content (AvgIpc) is 3.21. The lowest BCUT2D eigenvalue weighted by Crippen LogP contribution is -2.41. The van der Waals surface area contributed by atoms with Gasteiger partial charge in [0.05, 0.1) is 10.2 Å². The van der Waals surface area contributed by atoms with E-state index in [0.717, 1.165) is 34.2 Å². The molecule has 3 aromatic carbocycles. The van der Waals surface area contributed by atoms with Crippen molar-refractivity contribution in [2.75, 3.05) is 13.1 Å². The molecule has 1 aliphatic rings. The summed E-state index contributed by atoms with van der Waals surface area (Å²) in [6.45, 7) is 1.28. The maximum Gasteiger partial charge on any atom is 0.274 e. The monoisotopic (exact) mass is 432 g/mol. The normalized spacial score (nSPS) is 14.7. The van der Waals surface area contributed by atoms with Gasteiger partial charge in [-0.15, -0.1) is 0 Å². The molecule has 1 saturated heterocycles. The topological polar surface area (TPSA) is 42.4 Å². The van der Waals surface area contributed by atoms with E-state index in [0.29, 0.717) is 23.8 Å². The molecule has 4 aromatic rings. The fourth-order valence-corrected chi connectivity index (χ4v) is 4.77. The lowest BCUT2D eigenvalue weighted by Gasteiger charge is -2.31. The molecule has 0 N–H and O–H groups in total. The molecule has 156 valence electrons. The second-order valence-electron chi connectivity index (χ2n) is 7.64. The molecule has 0 saturated carbocycles. The van der Waals surface area contributed by atoms with E-state index in [4.69, 9.17) is 4.74 Å². The first-order chi connectivity index (χ1) is 15.2. The van der Waals surface area contributed by atoms with Gasteiger partial charge in [-0.3, -0.25) is 4.79 Å². The lowest BCUT2D eigenvalue weighted by atomic mass is 10.0. The predicted molar refractivity (Wildman–Crippen MR) is 121 cm³/mol. The highest BCUT2D eigenvalue weighted by molar-refractivity contribution is 7.20. The van der Waals surface area contributed by atoms with E-state index in [-0.39, 0.29) is 17.8 Å². The van der Waals surface area contributed by atoms with Crippen molar-refractivity contribution < 1.29 is 13.9 Å². The van der Waals surface area contributed by atoms with Crippen LogP contribution in [0.5, 0.6) is 5.19 Å². The summed E-state index contributed by atoms with van der Waals surface area (Å²) in [5.74, 6) is -0.222. The SMILES string of the molecule is O=C(c1ccc(-c2ccccc2)cc1)N1CCC(Oc2nc3ccc(F)cc3s2)CC1. The molecule has 0 atom stereocenters. The lowest BCUT2D eigenvalue weighted by molar-refractivity contribution is 0.0595. The van der Waals surface area contributed by atoms with E-state index in [1.165, 1.54) is 23.5 Å². The van der Waals surface area contributed by atoms with Gasteiger partial charge in [-0.25, -0.2) is 9.37 Å². The molecule has 1 fully saturated rings. The summed E-state index contributed by atoms with van der Waals surface area (Å²) in [6, 6.07) is 22.5. The minimum Gasteiger partial charge on any atom is -0.467 e. The number of nitrogens with zero attached hydrogens (tertiary/aromatic N) is 2. The summed E-state index contributed by atoms with van der Waals surface area (Å²) in [5, 5.41) is 0.557. The van der Waals surface area contributed by atoms with Crippen LogP contribution in [0.4, 0.5) is 4.39 Å². The van der Waals surface area contributed by atoms with Gasteiger partial charge in [0.25, 0.3) is 11.1 Å². The van der Waals surface area contributed by atoms with E-state index >= 15 is 0 Å². The van der Waals surface area contributed by atoms with Crippen LogP contribution < -0.4 is 4.74 Å². The molecular weight excluding hydrogens is 411 g/mol. The van der Waals surface area contributed by atoms with E-state index in [2.05, 4.69) is 17.1 Å². The summed E-state index contributed by atoms with van der Waals surface area (Å²) in [6.07, 6.45) is 1.51. The Kier molecular flexibility index (Phi) is 5.38. The molecule has 6 heteroatoms. The predicted octanol–water partition coefficient (Wildman–Crippen LogP) is 5.79. The zero-order valence-electron chi connectivity index (χ0n) is 16.8. The first-order valence-electron chi connectivity index (χ1n) is 10.3. The van der Waals surface area contributed by atoms with Gasteiger partial charge < -0.3 is 9.64 Å². The first-order valence-corrected chi connectivity index (χ1v) is 11.1. The highest BCUT2D eigenvalue weighted by Crippen LogP contribution is 2.30. The van der Waals surface area contributed by atoms with Crippen LogP contribution in [0.15, 0.2) is 72.8 Å². The van der Waals surface area contributed by atoms with Crippen molar-refractivity contribution in [1.82, 2.24) is 9.88 Å². The van der Waals surface area contributed by atoms with Crippen molar-refractivity contribution in [3.05, 3.63) is 84.2 Å². The molecule has 5 rings (SSSR count). The fraction of sp³-hybridized carbons (Fsp3) is 0.200. The van der Waals surface area contributed by atoms with E-state index in [1.54, 1.807) is 6.07 Å². The molecule has 4 nitrogen and oxygen atoms in total. The Morgan fingerprint density at radius 3 is 2.42 bits per heavy atom. The number of ether oxygens (including phenoxy) is 1. The summed E-state index contributed by atoms with van der Waals surface area (Å²) >= 11 is 1.35. The van der Waals surface area contributed by atoms with Gasteiger partial charge in [-0.05, 0) is 41.5 Å². The largest absolute Gasteiger partial charge is 0.467 e. The van der Waals surface area contributed by atoms with Crippen molar-refractivity contribution >= 4 is 27.5 Å². The molecule has 2 heterocycles. The number of hydrogen-bond acceptors (Lipinski definition) is 4. The Hall–Kier alpha value is -3.25. The quantitative estimate of drug-likeness (QED) is 0.410. The highest BCUT2D eigenvalue weighted by Gasteiger charge is 2.25. The summed E-state index contributed by atoms with van der Waals surface area (Å²) in [4.78, 5) is 19.2. The minimum absolute atomic E-state index is 0.00918. The van der Waals surface area contributed by atoms with Crippen molar-refractivity contribution in [3.63, 3.8) is 0 Å². The van der Waals surface area contributed by atoms with Crippen LogP contribution in [0, 0.1) is 5.82 Å². The second-order valence-corrected chi connectivity index (χ2v) is 8.64. The maximum atomic E-state index is 13.4. The number of piperidine rings is 1. The number of aromatic nitrogens is 1. The van der Waals surface area contributed by atoms with Crippen LogP contribution in [0.2, 0.25) is 0 Å². The number of hydrogen-bond donors (Lipinski definition) is 0. The van der Waals surface area contributed by atoms with Crippen LogP contribution in [-0.4, -0.2) is 35.0 Å². The molecule has 0 aliphatic carbocycles. The van der Waals surface area contributed by atoms with Gasteiger partial charge in [-0.2, -0.15) is 0 Å². The third-order valence-corrected chi connectivity index (χ3v) is 6.48.